The standard InChI is InChI=1S/C12H26N2O/c1-11(2,3)10(15)9(7-8-13)14-12(4,5)6/h9,14H,7-8,13H2,1-6H3. The van der Waals surface area contributed by atoms with Crippen LogP contribution >= 0.6 is 0 Å². The van der Waals surface area contributed by atoms with Gasteiger partial charge in [-0.1, -0.05) is 20.8 Å². The van der Waals surface area contributed by atoms with Gasteiger partial charge in [-0.2, -0.15) is 0 Å². The summed E-state index contributed by atoms with van der Waals surface area (Å²) in [4.78, 5) is 12.1. The monoisotopic (exact) mass is 214 g/mol. The molecular weight excluding hydrogens is 188 g/mol. The number of hydrogen-bond acceptors (Lipinski definition) is 3. The van der Waals surface area contributed by atoms with Gasteiger partial charge in [0.2, 0.25) is 0 Å². The van der Waals surface area contributed by atoms with Crippen molar-refractivity contribution in [3.8, 4) is 0 Å². The van der Waals surface area contributed by atoms with Gasteiger partial charge in [-0.05, 0) is 33.7 Å². The lowest BCUT2D eigenvalue weighted by atomic mass is 9.84. The highest BCUT2D eigenvalue weighted by Crippen LogP contribution is 2.19. The van der Waals surface area contributed by atoms with Crippen LogP contribution in [-0.4, -0.2) is 23.9 Å². The predicted octanol–water partition coefficient (Wildman–Crippen LogP) is 1.71. The minimum absolute atomic E-state index is 0.0548. The van der Waals surface area contributed by atoms with Crippen LogP contribution in [0.5, 0.6) is 0 Å². The SMILES string of the molecule is CC(C)(C)NC(CCN)C(=O)C(C)(C)C. The van der Waals surface area contributed by atoms with Crippen LogP contribution < -0.4 is 11.1 Å². The fourth-order valence-electron chi connectivity index (χ4n) is 1.48. The van der Waals surface area contributed by atoms with Crippen LogP contribution in [0.15, 0.2) is 0 Å². The maximum absolute atomic E-state index is 12.1. The summed E-state index contributed by atoms with van der Waals surface area (Å²) in [6.07, 6.45) is 0.702. The number of hydrogen-bond donors (Lipinski definition) is 2. The topological polar surface area (TPSA) is 55.1 Å². The second kappa shape index (κ2) is 5.08. The summed E-state index contributed by atoms with van der Waals surface area (Å²) in [5.74, 6) is 0.239. The van der Waals surface area contributed by atoms with Crippen molar-refractivity contribution in [3.05, 3.63) is 0 Å². The Morgan fingerprint density at radius 3 is 1.93 bits per heavy atom. The zero-order chi connectivity index (χ0) is 12.3. The number of nitrogens with one attached hydrogen (secondary N) is 1. The third-order valence-electron chi connectivity index (χ3n) is 2.12. The molecule has 1 atom stereocenters. The van der Waals surface area contributed by atoms with E-state index in [9.17, 15) is 4.79 Å². The Hall–Kier alpha value is -0.410. The molecule has 3 nitrogen and oxygen atoms in total. The van der Waals surface area contributed by atoms with Gasteiger partial charge in [-0.15, -0.1) is 0 Å². The lowest BCUT2D eigenvalue weighted by Crippen LogP contribution is -2.51. The van der Waals surface area contributed by atoms with Crippen LogP contribution in [0.25, 0.3) is 0 Å². The first-order chi connectivity index (χ1) is 6.58. The normalized spacial score (nSPS) is 15.1. The van der Waals surface area contributed by atoms with E-state index in [1.54, 1.807) is 0 Å². The van der Waals surface area contributed by atoms with Crippen LogP contribution in [0.1, 0.15) is 48.0 Å². The van der Waals surface area contributed by atoms with Crippen molar-refractivity contribution in [1.29, 1.82) is 0 Å². The molecule has 3 N–H and O–H groups in total. The molecule has 0 aliphatic heterocycles. The van der Waals surface area contributed by atoms with Gasteiger partial charge in [0.05, 0.1) is 6.04 Å². The van der Waals surface area contributed by atoms with E-state index in [0.717, 1.165) is 0 Å². The number of ketones is 1. The molecule has 0 aromatic rings. The predicted molar refractivity (Wildman–Crippen MR) is 64.8 cm³/mol. The van der Waals surface area contributed by atoms with Crippen molar-refractivity contribution >= 4 is 5.78 Å². The van der Waals surface area contributed by atoms with Gasteiger partial charge in [-0.25, -0.2) is 0 Å². The minimum atomic E-state index is -0.307. The average Bonchev–Trinajstić information content (AvgIpc) is 1.98. The number of carbonyl (C=O) groups is 1. The van der Waals surface area contributed by atoms with Gasteiger partial charge < -0.3 is 11.1 Å². The lowest BCUT2D eigenvalue weighted by Gasteiger charge is -2.31. The van der Waals surface area contributed by atoms with Gasteiger partial charge in [0, 0.05) is 11.0 Å². The summed E-state index contributed by atoms with van der Waals surface area (Å²) >= 11 is 0. The van der Waals surface area contributed by atoms with Crippen molar-refractivity contribution in [2.45, 2.75) is 59.5 Å². The molecule has 1 unspecified atom stereocenters. The molecule has 0 aromatic carbocycles. The van der Waals surface area contributed by atoms with Crippen molar-refractivity contribution in [3.63, 3.8) is 0 Å². The van der Waals surface area contributed by atoms with Gasteiger partial charge in [0.25, 0.3) is 0 Å². The Balaban J connectivity index is 4.60. The fraction of sp³-hybridized carbons (Fsp3) is 0.917. The van der Waals surface area contributed by atoms with Crippen LogP contribution in [-0.2, 0) is 4.79 Å². The number of rotatable bonds is 4. The van der Waals surface area contributed by atoms with E-state index in [4.69, 9.17) is 5.73 Å². The van der Waals surface area contributed by atoms with Crippen molar-refractivity contribution < 1.29 is 4.79 Å². The molecule has 0 heterocycles. The minimum Gasteiger partial charge on any atom is -0.330 e. The van der Waals surface area contributed by atoms with Crippen molar-refractivity contribution in [2.75, 3.05) is 6.54 Å². The molecule has 0 bridgehead atoms. The van der Waals surface area contributed by atoms with Crippen molar-refractivity contribution in [1.82, 2.24) is 5.32 Å². The summed E-state index contributed by atoms with van der Waals surface area (Å²) in [5, 5.41) is 3.33. The van der Waals surface area contributed by atoms with E-state index < -0.39 is 0 Å². The third-order valence-corrected chi connectivity index (χ3v) is 2.12. The molecule has 0 saturated heterocycles. The van der Waals surface area contributed by atoms with E-state index >= 15 is 0 Å². The van der Waals surface area contributed by atoms with E-state index in [1.165, 1.54) is 0 Å². The highest BCUT2D eigenvalue weighted by atomic mass is 16.1. The zero-order valence-electron chi connectivity index (χ0n) is 11.0. The van der Waals surface area contributed by atoms with Crippen LogP contribution in [0, 0.1) is 5.41 Å². The Labute approximate surface area is 93.8 Å². The second-order valence-corrected chi connectivity index (χ2v) is 6.14. The van der Waals surface area contributed by atoms with Gasteiger partial charge in [0.15, 0.2) is 5.78 Å². The molecule has 0 fully saturated rings. The molecular formula is C12H26N2O. The Kier molecular flexibility index (Phi) is 4.94. The van der Waals surface area contributed by atoms with Crippen LogP contribution in [0.2, 0.25) is 0 Å². The first-order valence-electron chi connectivity index (χ1n) is 5.60. The molecule has 0 aromatic heterocycles. The second-order valence-electron chi connectivity index (χ2n) is 6.14. The van der Waals surface area contributed by atoms with Gasteiger partial charge in [0.1, 0.15) is 0 Å². The molecule has 0 aliphatic carbocycles. The van der Waals surface area contributed by atoms with E-state index in [1.807, 2.05) is 20.8 Å². The third kappa shape index (κ3) is 5.90. The van der Waals surface area contributed by atoms with E-state index in [2.05, 4.69) is 26.1 Å². The summed E-state index contributed by atoms with van der Waals surface area (Å²) < 4.78 is 0. The summed E-state index contributed by atoms with van der Waals surface area (Å²) in [7, 11) is 0. The summed E-state index contributed by atoms with van der Waals surface area (Å²) in [5.41, 5.74) is 5.17. The lowest BCUT2D eigenvalue weighted by molar-refractivity contribution is -0.129. The average molecular weight is 214 g/mol. The molecule has 0 saturated carbocycles. The molecule has 3 heteroatoms. The smallest absolute Gasteiger partial charge is 0.155 e. The molecule has 0 amide bonds. The highest BCUT2D eigenvalue weighted by Gasteiger charge is 2.31. The summed E-state index contributed by atoms with van der Waals surface area (Å²) in [6, 6.07) is -0.130. The molecule has 90 valence electrons. The Bertz CT molecular complexity index is 211. The molecule has 0 aliphatic rings. The van der Waals surface area contributed by atoms with E-state index in [0.29, 0.717) is 13.0 Å². The number of Topliss-reactive ketones (excluding diaryl/α,β-unsaturated/α-hetero) is 1. The van der Waals surface area contributed by atoms with Gasteiger partial charge >= 0.3 is 0 Å². The molecule has 0 spiro atoms. The Morgan fingerprint density at radius 1 is 1.20 bits per heavy atom. The Morgan fingerprint density at radius 2 is 1.67 bits per heavy atom. The maximum atomic E-state index is 12.1. The molecule has 0 rings (SSSR count). The van der Waals surface area contributed by atoms with Crippen LogP contribution in [0.3, 0.4) is 0 Å². The fourth-order valence-corrected chi connectivity index (χ4v) is 1.48. The molecule has 15 heavy (non-hydrogen) atoms. The van der Waals surface area contributed by atoms with Crippen molar-refractivity contribution in [2.24, 2.45) is 11.1 Å². The first-order valence-corrected chi connectivity index (χ1v) is 5.60. The van der Waals surface area contributed by atoms with E-state index in [-0.39, 0.29) is 22.8 Å². The zero-order valence-corrected chi connectivity index (χ0v) is 11.0. The largest absolute Gasteiger partial charge is 0.330 e. The maximum Gasteiger partial charge on any atom is 0.155 e. The van der Waals surface area contributed by atoms with Gasteiger partial charge in [-0.3, -0.25) is 4.79 Å². The quantitative estimate of drug-likeness (QED) is 0.749. The van der Waals surface area contributed by atoms with Crippen LogP contribution in [0.4, 0.5) is 0 Å². The number of nitrogens with two attached hydrogens (primary N) is 1. The highest BCUT2D eigenvalue weighted by molar-refractivity contribution is 5.88. The molecule has 0 radical (unpaired) electrons. The number of carbonyl (C=O) groups excluding carboxylic acids is 1. The summed E-state index contributed by atoms with van der Waals surface area (Å²) in [6.45, 7) is 12.6. The first kappa shape index (κ1) is 14.6.